The molecular weight excluding hydrogens is 210 g/mol. The van der Waals surface area contributed by atoms with Crippen LogP contribution >= 0.6 is 24.0 Å². The fourth-order valence-corrected chi connectivity index (χ4v) is 3.24. The highest BCUT2D eigenvalue weighted by molar-refractivity contribution is 8.10. The van der Waals surface area contributed by atoms with Crippen molar-refractivity contribution in [2.75, 3.05) is 5.75 Å². The van der Waals surface area contributed by atoms with Gasteiger partial charge in [0.05, 0.1) is 0 Å². The van der Waals surface area contributed by atoms with E-state index >= 15 is 0 Å². The van der Waals surface area contributed by atoms with Crippen molar-refractivity contribution in [3.63, 3.8) is 0 Å². The Labute approximate surface area is 93.6 Å². The Kier molecular flexibility index (Phi) is 2.99. The molecule has 0 aromatic carbocycles. The molecule has 1 aliphatic heterocycles. The van der Waals surface area contributed by atoms with Gasteiger partial charge in [-0.3, -0.25) is 4.98 Å². The highest BCUT2D eigenvalue weighted by Crippen LogP contribution is 2.38. The van der Waals surface area contributed by atoms with Crippen LogP contribution in [-0.4, -0.2) is 15.6 Å². The maximum absolute atomic E-state index is 5.32. The smallest absolute Gasteiger partial charge is 0.0338 e. The standard InChI is InChI=1S/C11H11NS2/c1-2-9-10(13)7-14-11(9)8-3-5-12-6-4-8/h3-6H,2,7H2,1H3. The molecule has 0 saturated carbocycles. The van der Waals surface area contributed by atoms with Crippen LogP contribution in [0.5, 0.6) is 0 Å². The molecule has 0 aliphatic carbocycles. The van der Waals surface area contributed by atoms with Crippen molar-refractivity contribution >= 4 is 33.7 Å². The molecule has 0 atom stereocenters. The van der Waals surface area contributed by atoms with Crippen LogP contribution in [0.1, 0.15) is 18.9 Å². The second-order valence-corrected chi connectivity index (χ2v) is 4.59. The lowest BCUT2D eigenvalue weighted by Crippen LogP contribution is -1.95. The Balaban J connectivity index is 2.44. The van der Waals surface area contributed by atoms with E-state index in [0.717, 1.165) is 17.0 Å². The third kappa shape index (κ3) is 1.74. The first-order chi connectivity index (χ1) is 6.83. The Morgan fingerprint density at radius 1 is 1.43 bits per heavy atom. The van der Waals surface area contributed by atoms with Crippen molar-refractivity contribution in [2.24, 2.45) is 0 Å². The van der Waals surface area contributed by atoms with Gasteiger partial charge in [-0.05, 0) is 29.7 Å². The van der Waals surface area contributed by atoms with Crippen molar-refractivity contribution in [2.45, 2.75) is 13.3 Å². The number of hydrogen-bond donors (Lipinski definition) is 0. The highest BCUT2D eigenvalue weighted by Gasteiger charge is 2.19. The Bertz CT molecular complexity index is 382. The minimum Gasteiger partial charge on any atom is -0.265 e. The Morgan fingerprint density at radius 2 is 2.14 bits per heavy atom. The number of rotatable bonds is 2. The Hall–Kier alpha value is -0.670. The molecule has 0 saturated heterocycles. The van der Waals surface area contributed by atoms with Gasteiger partial charge in [-0.2, -0.15) is 0 Å². The van der Waals surface area contributed by atoms with Crippen molar-refractivity contribution in [1.29, 1.82) is 0 Å². The molecule has 0 amide bonds. The number of pyridine rings is 1. The number of allylic oxidation sites excluding steroid dienone is 1. The van der Waals surface area contributed by atoms with E-state index in [-0.39, 0.29) is 0 Å². The molecule has 0 bridgehead atoms. The number of thiocarbonyl (C=S) groups is 1. The summed E-state index contributed by atoms with van der Waals surface area (Å²) in [6.07, 6.45) is 4.69. The lowest BCUT2D eigenvalue weighted by Gasteiger charge is -2.03. The lowest BCUT2D eigenvalue weighted by atomic mass is 10.1. The van der Waals surface area contributed by atoms with Crippen LogP contribution in [0.4, 0.5) is 0 Å². The van der Waals surface area contributed by atoms with Crippen molar-refractivity contribution in [1.82, 2.24) is 4.98 Å². The summed E-state index contributed by atoms with van der Waals surface area (Å²) in [5, 5.41) is 0. The van der Waals surface area contributed by atoms with Crippen LogP contribution < -0.4 is 0 Å². The molecule has 0 spiro atoms. The van der Waals surface area contributed by atoms with Gasteiger partial charge in [0.2, 0.25) is 0 Å². The molecule has 0 radical (unpaired) electrons. The average Bonchev–Trinajstić information content (AvgIpc) is 2.61. The van der Waals surface area contributed by atoms with E-state index in [4.69, 9.17) is 12.2 Å². The summed E-state index contributed by atoms with van der Waals surface area (Å²) in [5.74, 6) is 0.968. The maximum Gasteiger partial charge on any atom is 0.0338 e. The van der Waals surface area contributed by atoms with E-state index in [1.165, 1.54) is 16.0 Å². The predicted octanol–water partition coefficient (Wildman–Crippen LogP) is 3.32. The molecule has 3 heteroatoms. The molecule has 14 heavy (non-hydrogen) atoms. The summed E-state index contributed by atoms with van der Waals surface area (Å²) in [5.41, 5.74) is 2.60. The first-order valence-corrected chi connectivity index (χ1v) is 6.02. The third-order valence-corrected chi connectivity index (χ3v) is 4.03. The van der Waals surface area contributed by atoms with Crippen LogP contribution in [0.2, 0.25) is 0 Å². The van der Waals surface area contributed by atoms with Crippen molar-refractivity contribution < 1.29 is 0 Å². The van der Waals surface area contributed by atoms with Gasteiger partial charge in [-0.1, -0.05) is 19.1 Å². The van der Waals surface area contributed by atoms with E-state index in [9.17, 15) is 0 Å². The Morgan fingerprint density at radius 3 is 2.79 bits per heavy atom. The van der Waals surface area contributed by atoms with Crippen LogP contribution in [0, 0.1) is 0 Å². The number of hydrogen-bond acceptors (Lipinski definition) is 3. The highest BCUT2D eigenvalue weighted by atomic mass is 32.2. The quantitative estimate of drug-likeness (QED) is 0.711. The van der Waals surface area contributed by atoms with E-state index in [1.807, 2.05) is 36.3 Å². The SMILES string of the molecule is CCC1=C(c2ccncc2)SCC1=S. The zero-order chi connectivity index (χ0) is 9.97. The average molecular weight is 221 g/mol. The monoisotopic (exact) mass is 221 g/mol. The van der Waals surface area contributed by atoms with Gasteiger partial charge in [0.15, 0.2) is 0 Å². The fourth-order valence-electron chi connectivity index (χ4n) is 1.56. The topological polar surface area (TPSA) is 12.9 Å². The molecule has 0 fully saturated rings. The second kappa shape index (κ2) is 4.24. The second-order valence-electron chi connectivity index (χ2n) is 3.11. The largest absolute Gasteiger partial charge is 0.265 e. The van der Waals surface area contributed by atoms with Gasteiger partial charge < -0.3 is 0 Å². The minimum atomic E-state index is 0.968. The maximum atomic E-state index is 5.32. The van der Waals surface area contributed by atoms with Crippen LogP contribution in [0.25, 0.3) is 4.91 Å². The zero-order valence-corrected chi connectivity index (χ0v) is 9.62. The summed E-state index contributed by atoms with van der Waals surface area (Å²) in [6.45, 7) is 2.16. The molecule has 0 N–H and O–H groups in total. The predicted molar refractivity (Wildman–Crippen MR) is 66.5 cm³/mol. The number of nitrogens with zero attached hydrogens (tertiary/aromatic N) is 1. The molecule has 1 aromatic rings. The summed E-state index contributed by atoms with van der Waals surface area (Å²) in [6, 6.07) is 4.10. The summed E-state index contributed by atoms with van der Waals surface area (Å²) in [4.78, 5) is 6.48. The molecule has 0 unspecified atom stereocenters. The zero-order valence-electron chi connectivity index (χ0n) is 7.99. The summed E-state index contributed by atoms with van der Waals surface area (Å²) in [7, 11) is 0. The van der Waals surface area contributed by atoms with Crippen molar-refractivity contribution in [3.8, 4) is 0 Å². The fraction of sp³-hybridized carbons (Fsp3) is 0.273. The van der Waals surface area contributed by atoms with Gasteiger partial charge in [-0.25, -0.2) is 0 Å². The molecule has 72 valence electrons. The van der Waals surface area contributed by atoms with Gasteiger partial charge in [-0.15, -0.1) is 11.8 Å². The molecule has 2 heterocycles. The normalized spacial score (nSPS) is 16.5. The summed E-state index contributed by atoms with van der Waals surface area (Å²) < 4.78 is 0. The molecule has 1 aliphatic rings. The molecule has 2 rings (SSSR count). The minimum absolute atomic E-state index is 0.968. The van der Waals surface area contributed by atoms with Gasteiger partial charge in [0.1, 0.15) is 0 Å². The first kappa shape index (κ1) is 9.87. The molecule has 1 nitrogen and oxygen atoms in total. The van der Waals surface area contributed by atoms with Crippen LogP contribution in [0.15, 0.2) is 30.1 Å². The van der Waals surface area contributed by atoms with E-state index in [1.54, 1.807) is 0 Å². The third-order valence-electron chi connectivity index (χ3n) is 2.25. The number of thioether (sulfide) groups is 1. The number of aromatic nitrogens is 1. The van der Waals surface area contributed by atoms with Gasteiger partial charge >= 0.3 is 0 Å². The summed E-state index contributed by atoms with van der Waals surface area (Å²) >= 11 is 7.17. The van der Waals surface area contributed by atoms with E-state index in [0.29, 0.717) is 0 Å². The van der Waals surface area contributed by atoms with Crippen molar-refractivity contribution in [3.05, 3.63) is 35.7 Å². The molecule has 1 aromatic heterocycles. The molecular formula is C11H11NS2. The van der Waals surface area contributed by atoms with Gasteiger partial charge in [0.25, 0.3) is 0 Å². The first-order valence-electron chi connectivity index (χ1n) is 4.62. The van der Waals surface area contributed by atoms with E-state index < -0.39 is 0 Å². The van der Waals surface area contributed by atoms with E-state index in [2.05, 4.69) is 11.9 Å². The van der Waals surface area contributed by atoms with Crippen LogP contribution in [-0.2, 0) is 0 Å². The van der Waals surface area contributed by atoms with Crippen LogP contribution in [0.3, 0.4) is 0 Å². The lowest BCUT2D eigenvalue weighted by molar-refractivity contribution is 1.19. The van der Waals surface area contributed by atoms with Gasteiger partial charge in [0, 0.05) is 27.9 Å².